The van der Waals surface area contributed by atoms with Crippen LogP contribution in [0.5, 0.6) is 0 Å². The fourth-order valence-electron chi connectivity index (χ4n) is 2.79. The van der Waals surface area contributed by atoms with Gasteiger partial charge in [-0.15, -0.1) is 0 Å². The molecule has 1 amide bonds. The number of carbonyl (C=O) groups excluding carboxylic acids is 1. The third kappa shape index (κ3) is 1.67. The van der Waals surface area contributed by atoms with Crippen LogP contribution in [0.2, 0.25) is 5.02 Å². The van der Waals surface area contributed by atoms with Crippen LogP contribution in [0.15, 0.2) is 23.7 Å². The Balaban J connectivity index is 2.21. The van der Waals surface area contributed by atoms with Crippen molar-refractivity contribution in [3.05, 3.63) is 39.9 Å². The highest BCUT2D eigenvalue weighted by atomic mass is 35.5. The number of allylic oxidation sites excluding steroid dienone is 1. The standard InChI is InChI=1S/C14H14ClNO/c15-9-5-4-8-6-13-10(12(8)7-9)2-1-3-11(13)14(16)17/h4-5,7,11H,1-3,6H2,(H2,16,17)/i7D,11D. The molecule has 1 aromatic carbocycles. The fraction of sp³-hybridized carbons (Fsp3) is 0.357. The number of halogens is 1. The molecule has 0 fully saturated rings. The van der Waals surface area contributed by atoms with Crippen LogP contribution < -0.4 is 5.73 Å². The quantitative estimate of drug-likeness (QED) is 0.817. The van der Waals surface area contributed by atoms with E-state index in [1.807, 2.05) is 6.07 Å². The van der Waals surface area contributed by atoms with Gasteiger partial charge in [0.05, 0.1) is 7.26 Å². The Hall–Kier alpha value is -1.28. The molecule has 0 spiro atoms. The third-order valence-corrected chi connectivity index (χ3v) is 3.77. The van der Waals surface area contributed by atoms with Crippen LogP contribution in [0.25, 0.3) is 5.57 Å². The minimum Gasteiger partial charge on any atom is -0.369 e. The van der Waals surface area contributed by atoms with Crippen LogP contribution in [0, 0.1) is 5.89 Å². The number of carbonyl (C=O) groups is 1. The van der Waals surface area contributed by atoms with Crippen LogP contribution in [0.3, 0.4) is 0 Å². The molecule has 2 N–H and O–H groups in total. The lowest BCUT2D eigenvalue weighted by molar-refractivity contribution is -0.121. The molecule has 2 aliphatic carbocycles. The number of amides is 1. The summed E-state index contributed by atoms with van der Waals surface area (Å²) >= 11 is 6.01. The van der Waals surface area contributed by atoms with Gasteiger partial charge < -0.3 is 5.73 Å². The first-order chi connectivity index (χ1) is 8.95. The second-order valence-electron chi connectivity index (χ2n) is 4.54. The molecule has 0 aromatic heterocycles. The topological polar surface area (TPSA) is 43.1 Å². The molecule has 1 unspecified atom stereocenters. The number of fused-ring (bicyclic) bond motifs is 2. The Labute approximate surface area is 108 Å². The monoisotopic (exact) mass is 249 g/mol. The molecule has 2 aliphatic rings. The number of hydrogen-bond donors (Lipinski definition) is 1. The second-order valence-corrected chi connectivity index (χ2v) is 4.94. The highest BCUT2D eigenvalue weighted by molar-refractivity contribution is 6.30. The van der Waals surface area contributed by atoms with Crippen molar-refractivity contribution in [2.24, 2.45) is 11.6 Å². The number of hydrogen-bond acceptors (Lipinski definition) is 1. The summed E-state index contributed by atoms with van der Waals surface area (Å²) in [4.78, 5) is 11.6. The molecule has 0 saturated carbocycles. The lowest BCUT2D eigenvalue weighted by atomic mass is 9.82. The molecule has 0 saturated heterocycles. The maximum absolute atomic E-state index is 11.6. The number of primary amides is 1. The van der Waals surface area contributed by atoms with E-state index in [2.05, 4.69) is 0 Å². The predicted molar refractivity (Wildman–Crippen MR) is 68.6 cm³/mol. The van der Waals surface area contributed by atoms with Gasteiger partial charge in [-0.05, 0) is 60.1 Å². The van der Waals surface area contributed by atoms with Crippen molar-refractivity contribution < 1.29 is 7.54 Å². The summed E-state index contributed by atoms with van der Waals surface area (Å²) in [6.45, 7) is 0. The van der Waals surface area contributed by atoms with E-state index in [0.29, 0.717) is 23.9 Å². The van der Waals surface area contributed by atoms with Crippen molar-refractivity contribution >= 4 is 23.1 Å². The predicted octanol–water partition coefficient (Wildman–Crippen LogP) is 2.94. The Morgan fingerprint density at radius 1 is 1.59 bits per heavy atom. The molecule has 0 bridgehead atoms. The van der Waals surface area contributed by atoms with Gasteiger partial charge in [-0.2, -0.15) is 0 Å². The van der Waals surface area contributed by atoms with Crippen molar-refractivity contribution in [2.45, 2.75) is 25.7 Å². The minimum atomic E-state index is -1.31. The van der Waals surface area contributed by atoms with E-state index in [-0.39, 0.29) is 0 Å². The first kappa shape index (κ1) is 8.76. The molecule has 0 aliphatic heterocycles. The maximum Gasteiger partial charge on any atom is 0.224 e. The molecule has 0 radical (unpaired) electrons. The molecule has 0 heterocycles. The second kappa shape index (κ2) is 3.88. The summed E-state index contributed by atoms with van der Waals surface area (Å²) < 4.78 is 16.5. The van der Waals surface area contributed by atoms with E-state index in [4.69, 9.17) is 20.1 Å². The van der Waals surface area contributed by atoms with E-state index >= 15 is 0 Å². The van der Waals surface area contributed by atoms with Crippen molar-refractivity contribution in [2.75, 3.05) is 0 Å². The molecule has 1 aromatic rings. The first-order valence-electron chi connectivity index (χ1n) is 6.76. The van der Waals surface area contributed by atoms with Crippen LogP contribution in [0.1, 0.15) is 33.1 Å². The summed E-state index contributed by atoms with van der Waals surface area (Å²) in [6.07, 6.45) is 2.55. The van der Waals surface area contributed by atoms with Gasteiger partial charge in [-0.3, -0.25) is 4.79 Å². The number of rotatable bonds is 1. The van der Waals surface area contributed by atoms with E-state index in [9.17, 15) is 4.79 Å². The van der Waals surface area contributed by atoms with Gasteiger partial charge in [-0.1, -0.05) is 17.7 Å². The Morgan fingerprint density at radius 3 is 3.18 bits per heavy atom. The SMILES string of the molecule is [2H]c1c(Cl)ccc2c1C1=C(C2)C([2H])(C(N)=O)CCC1. The molecular formula is C14H14ClNO. The Bertz CT molecular complexity index is 626. The molecule has 1 atom stereocenters. The maximum atomic E-state index is 11.6. The Kier molecular flexibility index (Phi) is 2.00. The summed E-state index contributed by atoms with van der Waals surface area (Å²) in [6, 6.07) is 3.89. The van der Waals surface area contributed by atoms with Gasteiger partial charge in [0.2, 0.25) is 5.91 Å². The van der Waals surface area contributed by atoms with Crippen LogP contribution in [0.4, 0.5) is 0 Å². The van der Waals surface area contributed by atoms with Gasteiger partial charge in [-0.25, -0.2) is 0 Å². The largest absolute Gasteiger partial charge is 0.369 e. The molecule has 3 heteroatoms. The van der Waals surface area contributed by atoms with Crippen LogP contribution in [-0.2, 0) is 11.2 Å². The van der Waals surface area contributed by atoms with Crippen molar-refractivity contribution in [1.82, 2.24) is 0 Å². The minimum absolute atomic E-state index is 0.304. The van der Waals surface area contributed by atoms with Crippen LogP contribution >= 0.6 is 11.6 Å². The number of benzene rings is 1. The van der Waals surface area contributed by atoms with Gasteiger partial charge >= 0.3 is 0 Å². The molecule has 88 valence electrons. The summed E-state index contributed by atoms with van der Waals surface area (Å²) in [7, 11) is 0. The highest BCUT2D eigenvalue weighted by Gasteiger charge is 2.32. The van der Waals surface area contributed by atoms with E-state index in [1.54, 1.807) is 6.07 Å². The molecule has 17 heavy (non-hydrogen) atoms. The zero-order valence-electron chi connectivity index (χ0n) is 11.3. The zero-order chi connectivity index (χ0) is 13.8. The fourth-order valence-corrected chi connectivity index (χ4v) is 2.95. The Morgan fingerprint density at radius 2 is 2.41 bits per heavy atom. The van der Waals surface area contributed by atoms with Crippen molar-refractivity contribution in [3.8, 4) is 0 Å². The summed E-state index contributed by atoms with van der Waals surface area (Å²) in [5.41, 5.74) is 8.95. The normalized spacial score (nSPS) is 28.3. The number of nitrogens with two attached hydrogens (primary N) is 1. The van der Waals surface area contributed by atoms with Gasteiger partial charge in [0.1, 0.15) is 0 Å². The third-order valence-electron chi connectivity index (χ3n) is 3.54. The first-order valence-corrected chi connectivity index (χ1v) is 6.13. The lowest BCUT2D eigenvalue weighted by Crippen LogP contribution is -2.27. The smallest absolute Gasteiger partial charge is 0.224 e. The van der Waals surface area contributed by atoms with Gasteiger partial charge in [0, 0.05) is 6.39 Å². The average Bonchev–Trinajstić information content (AvgIpc) is 2.75. The van der Waals surface area contributed by atoms with Crippen molar-refractivity contribution in [1.29, 1.82) is 0 Å². The summed E-state index contributed by atoms with van der Waals surface area (Å²) in [5, 5.41) is 0.410. The highest BCUT2D eigenvalue weighted by Crippen LogP contribution is 2.44. The van der Waals surface area contributed by atoms with E-state index < -0.39 is 11.8 Å². The molecular weight excluding hydrogens is 234 g/mol. The molecule has 3 rings (SSSR count). The van der Waals surface area contributed by atoms with E-state index in [1.165, 1.54) is 0 Å². The average molecular weight is 250 g/mol. The van der Waals surface area contributed by atoms with E-state index in [0.717, 1.165) is 35.1 Å². The van der Waals surface area contributed by atoms with Crippen LogP contribution in [-0.4, -0.2) is 5.91 Å². The van der Waals surface area contributed by atoms with Gasteiger partial charge in [0.15, 0.2) is 0 Å². The van der Waals surface area contributed by atoms with Gasteiger partial charge in [0.25, 0.3) is 0 Å². The zero-order valence-corrected chi connectivity index (χ0v) is 10.1. The lowest BCUT2D eigenvalue weighted by Gasteiger charge is -2.22. The molecule has 2 nitrogen and oxygen atoms in total. The summed E-state index contributed by atoms with van der Waals surface area (Å²) in [5.74, 6) is -1.91. The van der Waals surface area contributed by atoms with Crippen molar-refractivity contribution in [3.63, 3.8) is 0 Å².